The fourth-order valence-electron chi connectivity index (χ4n) is 0.367. The van der Waals surface area contributed by atoms with Crippen molar-refractivity contribution in [1.82, 2.24) is 0 Å². The SMILES string of the molecule is Fc1cc[c]cc1.[Pt]. The Morgan fingerprint density at radius 1 is 1.25 bits per heavy atom. The molecule has 45 valence electrons. The molecule has 2 heteroatoms. The third kappa shape index (κ3) is 2.22. The summed E-state index contributed by atoms with van der Waals surface area (Å²) in [5, 5.41) is 0. The largest absolute Gasteiger partial charge is 0.207 e. The molecule has 0 atom stereocenters. The molecule has 0 aliphatic heterocycles. The smallest absolute Gasteiger partial charge is 0.123 e. The first kappa shape index (κ1) is 7.84. The average molecular weight is 290 g/mol. The monoisotopic (exact) mass is 290 g/mol. The predicted octanol–water partition coefficient (Wildman–Crippen LogP) is 1.62. The number of benzene rings is 1. The van der Waals surface area contributed by atoms with Crippen LogP contribution < -0.4 is 0 Å². The van der Waals surface area contributed by atoms with E-state index in [9.17, 15) is 4.39 Å². The van der Waals surface area contributed by atoms with Crippen LogP contribution in [0.3, 0.4) is 0 Å². The van der Waals surface area contributed by atoms with Crippen molar-refractivity contribution in [3.63, 3.8) is 0 Å². The first-order valence-electron chi connectivity index (χ1n) is 2.01. The molecule has 8 heavy (non-hydrogen) atoms. The molecule has 1 aromatic rings. The first-order valence-corrected chi connectivity index (χ1v) is 2.01. The van der Waals surface area contributed by atoms with Crippen LogP contribution in [0.5, 0.6) is 0 Å². The van der Waals surface area contributed by atoms with E-state index in [1.165, 1.54) is 24.3 Å². The molecule has 1 aromatic carbocycles. The fraction of sp³-hybridized carbons (Fsp3) is 0. The summed E-state index contributed by atoms with van der Waals surface area (Å²) in [5.41, 5.74) is 0. The van der Waals surface area contributed by atoms with E-state index in [2.05, 4.69) is 6.07 Å². The Bertz CT molecular complexity index is 138. The Hall–Kier alpha value is -0.162. The Balaban J connectivity index is 0.000000490. The maximum atomic E-state index is 11.9. The van der Waals surface area contributed by atoms with E-state index >= 15 is 0 Å². The molecule has 0 aliphatic rings. The van der Waals surface area contributed by atoms with E-state index in [1.54, 1.807) is 0 Å². The van der Waals surface area contributed by atoms with Crippen molar-refractivity contribution in [3.8, 4) is 0 Å². The van der Waals surface area contributed by atoms with Crippen LogP contribution in [0.15, 0.2) is 24.3 Å². The second kappa shape index (κ2) is 3.79. The number of hydrogen-bond acceptors (Lipinski definition) is 0. The molecule has 0 spiro atoms. The normalized spacial score (nSPS) is 7.62. The summed E-state index contributed by atoms with van der Waals surface area (Å²) >= 11 is 0. The van der Waals surface area contributed by atoms with E-state index in [0.29, 0.717) is 0 Å². The first-order chi connectivity index (χ1) is 3.39. The predicted molar refractivity (Wildman–Crippen MR) is 25.2 cm³/mol. The van der Waals surface area contributed by atoms with E-state index in [1.807, 2.05) is 0 Å². The maximum Gasteiger partial charge on any atom is 0.123 e. The molecule has 0 aliphatic carbocycles. The van der Waals surface area contributed by atoms with Crippen LogP contribution >= 0.6 is 0 Å². The molecule has 0 heterocycles. The van der Waals surface area contributed by atoms with Gasteiger partial charge in [0.1, 0.15) is 5.82 Å². The van der Waals surface area contributed by atoms with Gasteiger partial charge in [0.2, 0.25) is 0 Å². The molecular weight excluding hydrogens is 286 g/mol. The van der Waals surface area contributed by atoms with E-state index in [0.717, 1.165) is 0 Å². The van der Waals surface area contributed by atoms with Crippen LogP contribution in [0.1, 0.15) is 0 Å². The van der Waals surface area contributed by atoms with Gasteiger partial charge in [-0.2, -0.15) is 0 Å². The van der Waals surface area contributed by atoms with Gasteiger partial charge in [-0.1, -0.05) is 12.1 Å². The number of rotatable bonds is 0. The van der Waals surface area contributed by atoms with Gasteiger partial charge in [0, 0.05) is 21.1 Å². The second-order valence-electron chi connectivity index (χ2n) is 1.22. The van der Waals surface area contributed by atoms with Crippen molar-refractivity contribution in [3.05, 3.63) is 36.1 Å². The van der Waals surface area contributed by atoms with Crippen molar-refractivity contribution >= 4 is 0 Å². The Labute approximate surface area is 62.0 Å². The summed E-state index contributed by atoms with van der Waals surface area (Å²) in [6.45, 7) is 0. The van der Waals surface area contributed by atoms with Gasteiger partial charge in [-0.05, 0) is 18.2 Å². The summed E-state index contributed by atoms with van der Waals surface area (Å²) in [7, 11) is 0. The van der Waals surface area contributed by atoms with Gasteiger partial charge >= 0.3 is 0 Å². The molecule has 0 bridgehead atoms. The van der Waals surface area contributed by atoms with Gasteiger partial charge in [0.15, 0.2) is 0 Å². The fourth-order valence-corrected chi connectivity index (χ4v) is 0.367. The zero-order chi connectivity index (χ0) is 5.11. The molecule has 0 saturated carbocycles. The molecule has 0 unspecified atom stereocenters. The standard InChI is InChI=1S/C6H4F.Pt/c7-6-4-2-1-3-5-6;/h2-5H;. The van der Waals surface area contributed by atoms with Gasteiger partial charge in [-0.25, -0.2) is 4.39 Å². The average Bonchev–Trinajstić information content (AvgIpc) is 1.69. The molecule has 1 radical (unpaired) electrons. The zero-order valence-corrected chi connectivity index (χ0v) is 6.28. The van der Waals surface area contributed by atoms with Gasteiger partial charge in [-0.3, -0.25) is 0 Å². The summed E-state index contributed by atoms with van der Waals surface area (Å²) in [6.07, 6.45) is 0. The Kier molecular flexibility index (Phi) is 3.72. The molecule has 1 rings (SSSR count). The van der Waals surface area contributed by atoms with E-state index in [-0.39, 0.29) is 26.9 Å². The van der Waals surface area contributed by atoms with Crippen LogP contribution in [-0.2, 0) is 21.1 Å². The van der Waals surface area contributed by atoms with Crippen LogP contribution in [0.2, 0.25) is 0 Å². The topological polar surface area (TPSA) is 0 Å². The minimum Gasteiger partial charge on any atom is -0.207 e. The Morgan fingerprint density at radius 3 is 2.00 bits per heavy atom. The summed E-state index contributed by atoms with van der Waals surface area (Å²) in [6, 6.07) is 8.49. The molecule has 0 saturated heterocycles. The molecule has 0 N–H and O–H groups in total. The number of hydrogen-bond donors (Lipinski definition) is 0. The van der Waals surface area contributed by atoms with Gasteiger partial charge in [0.05, 0.1) is 0 Å². The van der Waals surface area contributed by atoms with E-state index < -0.39 is 0 Å². The van der Waals surface area contributed by atoms with Crippen molar-refractivity contribution in [1.29, 1.82) is 0 Å². The van der Waals surface area contributed by atoms with Crippen LogP contribution in [-0.4, -0.2) is 0 Å². The maximum absolute atomic E-state index is 11.9. The van der Waals surface area contributed by atoms with Crippen molar-refractivity contribution < 1.29 is 25.5 Å². The molecule has 0 nitrogen and oxygen atoms in total. The van der Waals surface area contributed by atoms with Crippen molar-refractivity contribution in [2.45, 2.75) is 0 Å². The molecule has 0 amide bonds. The number of halogens is 1. The molecule has 0 aromatic heterocycles. The second-order valence-corrected chi connectivity index (χ2v) is 1.22. The van der Waals surface area contributed by atoms with Gasteiger partial charge in [-0.15, -0.1) is 0 Å². The quantitative estimate of drug-likeness (QED) is 0.681. The van der Waals surface area contributed by atoms with Gasteiger partial charge < -0.3 is 0 Å². The van der Waals surface area contributed by atoms with Crippen molar-refractivity contribution in [2.24, 2.45) is 0 Å². The minimum atomic E-state index is -0.209. The third-order valence-electron chi connectivity index (χ3n) is 0.678. The van der Waals surface area contributed by atoms with E-state index in [4.69, 9.17) is 0 Å². The van der Waals surface area contributed by atoms with Crippen LogP contribution in [0, 0.1) is 11.9 Å². The third-order valence-corrected chi connectivity index (χ3v) is 0.678. The Morgan fingerprint density at radius 2 is 1.75 bits per heavy atom. The molecule has 0 fully saturated rings. The summed E-state index contributed by atoms with van der Waals surface area (Å²) < 4.78 is 11.9. The zero-order valence-electron chi connectivity index (χ0n) is 4.00. The summed E-state index contributed by atoms with van der Waals surface area (Å²) in [5.74, 6) is -0.209. The summed E-state index contributed by atoms with van der Waals surface area (Å²) in [4.78, 5) is 0. The van der Waals surface area contributed by atoms with Crippen LogP contribution in [0.25, 0.3) is 0 Å². The van der Waals surface area contributed by atoms with Crippen molar-refractivity contribution in [2.75, 3.05) is 0 Å². The minimum absolute atomic E-state index is 0. The molecular formula is C6H4FPt. The van der Waals surface area contributed by atoms with Gasteiger partial charge in [0.25, 0.3) is 0 Å². The van der Waals surface area contributed by atoms with Crippen LogP contribution in [0.4, 0.5) is 4.39 Å².